The number of benzene rings is 2. The fraction of sp³-hybridized carbons (Fsp3) is 0.519. The van der Waals surface area contributed by atoms with Crippen LogP contribution in [-0.4, -0.2) is 13.1 Å². The maximum Gasteiger partial charge on any atom is 0.308 e. The number of ether oxygens (including phenoxy) is 2. The molecule has 0 radical (unpaired) electrons. The highest BCUT2D eigenvalue weighted by molar-refractivity contribution is 5.69. The first kappa shape index (κ1) is 19.7. The van der Waals surface area contributed by atoms with Crippen molar-refractivity contribution in [1.29, 1.82) is 0 Å². The summed E-state index contributed by atoms with van der Waals surface area (Å²) in [7, 11) is 1.76. The minimum absolute atomic E-state index is 0.250. The zero-order chi connectivity index (χ0) is 21.0. The molecule has 4 fully saturated rings. The minimum atomic E-state index is -0.250. The molecule has 6 rings (SSSR count). The number of methoxy groups -OCH3 is 1. The maximum absolute atomic E-state index is 11.3. The van der Waals surface area contributed by atoms with Gasteiger partial charge in [-0.3, -0.25) is 4.79 Å². The van der Waals surface area contributed by atoms with Crippen molar-refractivity contribution in [3.63, 3.8) is 0 Å². The van der Waals surface area contributed by atoms with E-state index in [2.05, 4.69) is 44.2 Å². The Labute approximate surface area is 179 Å². The lowest BCUT2D eigenvalue weighted by atomic mass is 9.46. The summed E-state index contributed by atoms with van der Waals surface area (Å²) in [5.74, 6) is 6.05. The van der Waals surface area contributed by atoms with Crippen molar-refractivity contribution < 1.29 is 14.3 Å². The molecule has 2 aromatic carbocycles. The van der Waals surface area contributed by atoms with Crippen LogP contribution in [0.3, 0.4) is 0 Å². The fourth-order valence-corrected chi connectivity index (χ4v) is 7.23. The van der Waals surface area contributed by atoms with Gasteiger partial charge in [-0.15, -0.1) is 0 Å². The van der Waals surface area contributed by atoms with Crippen molar-refractivity contribution in [2.24, 2.45) is 23.7 Å². The van der Waals surface area contributed by atoms with Crippen LogP contribution in [0.25, 0.3) is 0 Å². The van der Waals surface area contributed by atoms with Gasteiger partial charge in [-0.2, -0.15) is 0 Å². The second-order valence-electron chi connectivity index (χ2n) is 9.88. The number of carbonyl (C=O) groups is 1. The molecule has 0 aliphatic heterocycles. The van der Waals surface area contributed by atoms with E-state index in [-0.39, 0.29) is 5.97 Å². The molecule has 4 aliphatic carbocycles. The molecule has 30 heavy (non-hydrogen) atoms. The molecule has 3 nitrogen and oxygen atoms in total. The molecule has 0 aromatic heterocycles. The van der Waals surface area contributed by atoms with Crippen LogP contribution in [0.4, 0.5) is 0 Å². The normalized spacial score (nSPS) is 31.6. The molecule has 0 spiro atoms. The molecule has 0 saturated heterocycles. The highest BCUT2D eigenvalue weighted by atomic mass is 16.5. The van der Waals surface area contributed by atoms with Crippen molar-refractivity contribution in [2.75, 3.05) is 7.11 Å². The number of aryl methyl sites for hydroxylation is 2. The van der Waals surface area contributed by atoms with Crippen molar-refractivity contribution in [3.8, 4) is 11.5 Å². The number of esters is 1. The predicted octanol–water partition coefficient (Wildman–Crippen LogP) is 6.17. The number of carbonyl (C=O) groups excluding carboxylic acids is 1. The number of hydrogen-bond acceptors (Lipinski definition) is 3. The lowest BCUT2D eigenvalue weighted by molar-refractivity contribution is -0.131. The third-order valence-corrected chi connectivity index (χ3v) is 8.09. The van der Waals surface area contributed by atoms with Crippen LogP contribution in [0.2, 0.25) is 0 Å². The van der Waals surface area contributed by atoms with Crippen LogP contribution in [-0.2, 0) is 4.79 Å². The van der Waals surface area contributed by atoms with Crippen molar-refractivity contribution in [1.82, 2.24) is 0 Å². The monoisotopic (exact) mass is 404 g/mol. The molecule has 4 aliphatic rings. The Bertz CT molecular complexity index is 946. The van der Waals surface area contributed by atoms with E-state index in [9.17, 15) is 4.79 Å². The van der Waals surface area contributed by atoms with Gasteiger partial charge in [-0.1, -0.05) is 24.3 Å². The van der Waals surface area contributed by atoms with Gasteiger partial charge in [0.05, 0.1) is 7.11 Å². The highest BCUT2D eigenvalue weighted by Crippen LogP contribution is 2.64. The summed E-state index contributed by atoms with van der Waals surface area (Å²) >= 11 is 0. The van der Waals surface area contributed by atoms with E-state index < -0.39 is 0 Å². The third-order valence-electron chi connectivity index (χ3n) is 8.09. The Balaban J connectivity index is 1.37. The Hall–Kier alpha value is -2.29. The van der Waals surface area contributed by atoms with Crippen LogP contribution in [0.5, 0.6) is 11.5 Å². The summed E-state index contributed by atoms with van der Waals surface area (Å²) in [6.45, 7) is 5.68. The van der Waals surface area contributed by atoms with E-state index in [1.807, 2.05) is 6.07 Å². The molecule has 4 bridgehead atoms. The molecule has 2 aromatic rings. The van der Waals surface area contributed by atoms with Crippen LogP contribution >= 0.6 is 0 Å². The van der Waals surface area contributed by atoms with Gasteiger partial charge >= 0.3 is 5.97 Å². The Morgan fingerprint density at radius 3 is 1.57 bits per heavy atom. The van der Waals surface area contributed by atoms with Gasteiger partial charge < -0.3 is 9.47 Å². The quantitative estimate of drug-likeness (QED) is 0.451. The van der Waals surface area contributed by atoms with Crippen molar-refractivity contribution >= 4 is 5.97 Å². The number of rotatable bonds is 4. The summed E-state index contributed by atoms with van der Waals surface area (Å²) < 4.78 is 10.8. The fourth-order valence-electron chi connectivity index (χ4n) is 7.23. The van der Waals surface area contributed by atoms with Gasteiger partial charge in [0.25, 0.3) is 0 Å². The average Bonchev–Trinajstić information content (AvgIpc) is 2.69. The summed E-state index contributed by atoms with van der Waals surface area (Å²) in [6.07, 6.45) is 5.38. The molecule has 0 amide bonds. The van der Waals surface area contributed by atoms with E-state index in [1.54, 1.807) is 7.11 Å². The molecular formula is C27H32O3. The Morgan fingerprint density at radius 2 is 1.20 bits per heavy atom. The largest absolute Gasteiger partial charge is 0.496 e. The van der Waals surface area contributed by atoms with Gasteiger partial charge in [-0.05, 0) is 109 Å². The van der Waals surface area contributed by atoms with Gasteiger partial charge in [0.1, 0.15) is 11.5 Å². The smallest absolute Gasteiger partial charge is 0.308 e. The van der Waals surface area contributed by atoms with Gasteiger partial charge in [0.2, 0.25) is 0 Å². The van der Waals surface area contributed by atoms with E-state index in [0.717, 1.165) is 40.9 Å². The molecule has 0 N–H and O–H groups in total. The molecule has 0 heterocycles. The second-order valence-corrected chi connectivity index (χ2v) is 9.88. The lowest BCUT2D eigenvalue weighted by Crippen LogP contribution is -2.48. The first-order valence-electron chi connectivity index (χ1n) is 11.4. The topological polar surface area (TPSA) is 35.5 Å². The predicted molar refractivity (Wildman–Crippen MR) is 118 cm³/mol. The van der Waals surface area contributed by atoms with Gasteiger partial charge in [0.15, 0.2) is 0 Å². The SMILES string of the molecule is COc1ccc(C2C3CC4CC2CC(C3)C4c2ccc(OC(C)=O)c(C)c2)cc1C. The van der Waals surface area contributed by atoms with E-state index in [4.69, 9.17) is 9.47 Å². The summed E-state index contributed by atoms with van der Waals surface area (Å²) in [6, 6.07) is 13.3. The first-order valence-corrected chi connectivity index (χ1v) is 11.4. The Morgan fingerprint density at radius 1 is 0.767 bits per heavy atom. The van der Waals surface area contributed by atoms with Gasteiger partial charge in [0, 0.05) is 6.92 Å². The maximum atomic E-state index is 11.3. The summed E-state index contributed by atoms with van der Waals surface area (Å²) in [4.78, 5) is 11.3. The van der Waals surface area contributed by atoms with Crippen LogP contribution < -0.4 is 9.47 Å². The van der Waals surface area contributed by atoms with Crippen LogP contribution in [0, 0.1) is 37.5 Å². The average molecular weight is 405 g/mol. The molecule has 158 valence electrons. The molecule has 3 heteroatoms. The highest BCUT2D eigenvalue weighted by Gasteiger charge is 2.53. The second kappa shape index (κ2) is 7.44. The standard InChI is InChI=1S/C27H32O3/c1-15-9-18(5-7-24(15)29-4)26-20-11-22-13-21(26)14-23(12-20)27(22)19-6-8-25(16(2)10-19)30-17(3)28/h5-10,20-23,26-27H,11-14H2,1-4H3. The van der Waals surface area contributed by atoms with Crippen molar-refractivity contribution in [3.05, 3.63) is 58.7 Å². The van der Waals surface area contributed by atoms with E-state index >= 15 is 0 Å². The summed E-state index contributed by atoms with van der Waals surface area (Å²) in [5, 5.41) is 0. The van der Waals surface area contributed by atoms with E-state index in [1.165, 1.54) is 49.3 Å². The zero-order valence-corrected chi connectivity index (χ0v) is 18.5. The third kappa shape index (κ3) is 3.23. The Kier molecular flexibility index (Phi) is 4.88. The molecule has 4 saturated carbocycles. The minimum Gasteiger partial charge on any atom is -0.496 e. The van der Waals surface area contributed by atoms with Crippen LogP contribution in [0.15, 0.2) is 36.4 Å². The van der Waals surface area contributed by atoms with Crippen molar-refractivity contribution in [2.45, 2.75) is 58.3 Å². The number of hydrogen-bond donors (Lipinski definition) is 0. The first-order chi connectivity index (χ1) is 14.4. The molecule has 0 atom stereocenters. The van der Waals surface area contributed by atoms with Gasteiger partial charge in [-0.25, -0.2) is 0 Å². The molecular weight excluding hydrogens is 372 g/mol. The molecule has 0 unspecified atom stereocenters. The lowest BCUT2D eigenvalue weighted by Gasteiger charge is -2.58. The summed E-state index contributed by atoms with van der Waals surface area (Å²) in [5.41, 5.74) is 5.31. The zero-order valence-electron chi connectivity index (χ0n) is 18.5. The van der Waals surface area contributed by atoms with E-state index in [0.29, 0.717) is 11.7 Å². The van der Waals surface area contributed by atoms with Crippen LogP contribution in [0.1, 0.15) is 66.7 Å².